The summed E-state index contributed by atoms with van der Waals surface area (Å²) in [6, 6.07) is 21.6. The van der Waals surface area contributed by atoms with Crippen LogP contribution in [0.3, 0.4) is 0 Å². The van der Waals surface area contributed by atoms with E-state index in [4.69, 9.17) is 0 Å². The number of fused-ring (bicyclic) bond motifs is 1. The van der Waals surface area contributed by atoms with Gasteiger partial charge < -0.3 is 4.90 Å². The van der Waals surface area contributed by atoms with Crippen molar-refractivity contribution in [2.75, 3.05) is 26.2 Å². The minimum Gasteiger partial charge on any atom is -0.336 e. The van der Waals surface area contributed by atoms with E-state index in [9.17, 15) is 13.2 Å². The smallest absolute Gasteiger partial charge is 0.253 e. The molecule has 0 spiro atoms. The van der Waals surface area contributed by atoms with Crippen LogP contribution in [0.2, 0.25) is 0 Å². The van der Waals surface area contributed by atoms with Gasteiger partial charge in [-0.2, -0.15) is 4.31 Å². The largest absolute Gasteiger partial charge is 0.336 e. The van der Waals surface area contributed by atoms with Crippen molar-refractivity contribution in [2.24, 2.45) is 0 Å². The maximum Gasteiger partial charge on any atom is 0.253 e. The fourth-order valence-electron chi connectivity index (χ4n) is 4.80. The molecule has 1 aliphatic heterocycles. The maximum absolute atomic E-state index is 13.4. The molecule has 1 fully saturated rings. The van der Waals surface area contributed by atoms with Gasteiger partial charge in [0.2, 0.25) is 10.0 Å². The number of hydrogen-bond donors (Lipinski definition) is 0. The van der Waals surface area contributed by atoms with Crippen molar-refractivity contribution in [2.45, 2.75) is 51.2 Å². The summed E-state index contributed by atoms with van der Waals surface area (Å²) in [5.74, 6) is -0.0525. The fourth-order valence-corrected chi connectivity index (χ4v) is 6.44. The second kappa shape index (κ2) is 11.7. The van der Waals surface area contributed by atoms with Gasteiger partial charge in [-0.05, 0) is 56.8 Å². The lowest BCUT2D eigenvalue weighted by molar-refractivity contribution is 0.0698. The molecular weight excluding hydrogens is 494 g/mol. The highest BCUT2D eigenvalue weighted by atomic mass is 35.5. The summed E-state index contributed by atoms with van der Waals surface area (Å²) in [5.41, 5.74) is 1.81. The van der Waals surface area contributed by atoms with Gasteiger partial charge in [-0.15, -0.1) is 12.4 Å². The molecule has 0 bridgehead atoms. The topological polar surface area (TPSA) is 60.9 Å². The SMILES string of the molecule is CC(C)N(Cc1ccc(C(=O)N2CCN(S(=O)(=O)c3cccc4ccccc34)CC2)cc1)C(C)C.Cl. The molecule has 0 N–H and O–H groups in total. The Morgan fingerprint density at radius 1 is 0.833 bits per heavy atom. The summed E-state index contributed by atoms with van der Waals surface area (Å²) in [6.45, 7) is 10.9. The summed E-state index contributed by atoms with van der Waals surface area (Å²) in [4.78, 5) is 17.6. The molecule has 1 aliphatic rings. The molecule has 0 aromatic heterocycles. The first kappa shape index (κ1) is 28.1. The molecule has 194 valence electrons. The molecular formula is C28H36ClN3O3S. The summed E-state index contributed by atoms with van der Waals surface area (Å²) in [5, 5.41) is 1.62. The van der Waals surface area contributed by atoms with Gasteiger partial charge in [0.05, 0.1) is 4.90 Å². The van der Waals surface area contributed by atoms with Crippen LogP contribution in [0.1, 0.15) is 43.6 Å². The molecule has 3 aromatic rings. The van der Waals surface area contributed by atoms with Crippen LogP contribution in [-0.4, -0.2) is 66.7 Å². The molecule has 0 atom stereocenters. The summed E-state index contributed by atoms with van der Waals surface area (Å²) >= 11 is 0. The van der Waals surface area contributed by atoms with Crippen molar-refractivity contribution in [1.82, 2.24) is 14.1 Å². The Balaban J connectivity index is 0.00000361. The van der Waals surface area contributed by atoms with E-state index >= 15 is 0 Å². The van der Waals surface area contributed by atoms with E-state index in [2.05, 4.69) is 32.6 Å². The summed E-state index contributed by atoms with van der Waals surface area (Å²) in [6.07, 6.45) is 0. The van der Waals surface area contributed by atoms with Gasteiger partial charge in [0.15, 0.2) is 0 Å². The van der Waals surface area contributed by atoms with Crippen LogP contribution in [0.25, 0.3) is 10.8 Å². The van der Waals surface area contributed by atoms with Crippen molar-refractivity contribution < 1.29 is 13.2 Å². The zero-order valence-electron chi connectivity index (χ0n) is 21.4. The number of rotatable bonds is 7. The highest BCUT2D eigenvalue weighted by Crippen LogP contribution is 2.26. The average Bonchev–Trinajstić information content (AvgIpc) is 2.86. The Labute approximate surface area is 221 Å². The van der Waals surface area contributed by atoms with E-state index in [-0.39, 0.29) is 31.4 Å². The quantitative estimate of drug-likeness (QED) is 0.431. The minimum absolute atomic E-state index is 0. The Morgan fingerprint density at radius 3 is 2.03 bits per heavy atom. The first-order chi connectivity index (χ1) is 16.7. The van der Waals surface area contributed by atoms with Gasteiger partial charge in [0, 0.05) is 55.8 Å². The van der Waals surface area contributed by atoms with E-state index in [1.807, 2.05) is 54.6 Å². The molecule has 1 saturated heterocycles. The zero-order chi connectivity index (χ0) is 25.2. The van der Waals surface area contributed by atoms with Crippen LogP contribution >= 0.6 is 12.4 Å². The predicted octanol–water partition coefficient (Wildman–Crippen LogP) is 5.03. The third kappa shape index (κ3) is 5.92. The third-order valence-corrected chi connectivity index (χ3v) is 8.74. The summed E-state index contributed by atoms with van der Waals surface area (Å²) in [7, 11) is -3.64. The van der Waals surface area contributed by atoms with Gasteiger partial charge in [0.1, 0.15) is 0 Å². The van der Waals surface area contributed by atoms with Crippen molar-refractivity contribution in [1.29, 1.82) is 0 Å². The maximum atomic E-state index is 13.4. The number of amides is 1. The average molecular weight is 530 g/mol. The Bertz CT molecular complexity index is 1270. The zero-order valence-corrected chi connectivity index (χ0v) is 23.1. The van der Waals surface area contributed by atoms with Crippen LogP contribution in [0, 0.1) is 0 Å². The Kier molecular flexibility index (Phi) is 9.17. The second-order valence-corrected chi connectivity index (χ2v) is 11.6. The number of sulfonamides is 1. The lowest BCUT2D eigenvalue weighted by Gasteiger charge is -2.34. The van der Waals surface area contributed by atoms with E-state index in [1.54, 1.807) is 17.0 Å². The monoisotopic (exact) mass is 529 g/mol. The van der Waals surface area contributed by atoms with Crippen molar-refractivity contribution in [3.63, 3.8) is 0 Å². The number of benzene rings is 3. The molecule has 0 unspecified atom stereocenters. The van der Waals surface area contributed by atoms with Crippen LogP contribution in [0.15, 0.2) is 71.6 Å². The van der Waals surface area contributed by atoms with Crippen molar-refractivity contribution >= 4 is 39.1 Å². The van der Waals surface area contributed by atoms with Gasteiger partial charge in [-0.3, -0.25) is 9.69 Å². The van der Waals surface area contributed by atoms with Gasteiger partial charge in [-0.25, -0.2) is 8.42 Å². The number of carbonyl (C=O) groups excluding carboxylic acids is 1. The Hall–Kier alpha value is -2.45. The first-order valence-corrected chi connectivity index (χ1v) is 13.7. The molecule has 1 heterocycles. The molecule has 1 amide bonds. The van der Waals surface area contributed by atoms with Crippen molar-refractivity contribution in [3.05, 3.63) is 77.9 Å². The van der Waals surface area contributed by atoms with E-state index in [0.717, 1.165) is 17.3 Å². The van der Waals surface area contributed by atoms with E-state index in [1.165, 1.54) is 9.87 Å². The summed E-state index contributed by atoms with van der Waals surface area (Å²) < 4.78 is 28.3. The van der Waals surface area contributed by atoms with E-state index in [0.29, 0.717) is 35.6 Å². The number of nitrogens with zero attached hydrogens (tertiary/aromatic N) is 3. The molecule has 8 heteroatoms. The lowest BCUT2D eigenvalue weighted by atomic mass is 10.1. The van der Waals surface area contributed by atoms with Gasteiger partial charge in [-0.1, -0.05) is 48.5 Å². The normalized spacial score (nSPS) is 15.0. The molecule has 36 heavy (non-hydrogen) atoms. The van der Waals surface area contributed by atoms with Crippen LogP contribution in [-0.2, 0) is 16.6 Å². The van der Waals surface area contributed by atoms with E-state index < -0.39 is 10.0 Å². The minimum atomic E-state index is -3.64. The highest BCUT2D eigenvalue weighted by molar-refractivity contribution is 7.89. The molecule has 6 nitrogen and oxygen atoms in total. The molecule has 0 saturated carbocycles. The number of piperazine rings is 1. The molecule has 3 aromatic carbocycles. The lowest BCUT2D eigenvalue weighted by Crippen LogP contribution is -2.50. The van der Waals surface area contributed by atoms with Crippen molar-refractivity contribution in [3.8, 4) is 0 Å². The second-order valence-electron chi connectivity index (χ2n) is 9.73. The molecule has 4 rings (SSSR count). The van der Waals surface area contributed by atoms with Crippen LogP contribution in [0.5, 0.6) is 0 Å². The molecule has 0 aliphatic carbocycles. The first-order valence-electron chi connectivity index (χ1n) is 12.3. The van der Waals surface area contributed by atoms with Crippen LogP contribution < -0.4 is 0 Å². The fraction of sp³-hybridized carbons (Fsp3) is 0.393. The van der Waals surface area contributed by atoms with Gasteiger partial charge in [0.25, 0.3) is 5.91 Å². The number of hydrogen-bond acceptors (Lipinski definition) is 4. The number of halogens is 1. The number of carbonyl (C=O) groups is 1. The predicted molar refractivity (Wildman–Crippen MR) is 148 cm³/mol. The van der Waals surface area contributed by atoms with Crippen LogP contribution in [0.4, 0.5) is 0 Å². The highest BCUT2D eigenvalue weighted by Gasteiger charge is 2.31. The van der Waals surface area contributed by atoms with Gasteiger partial charge >= 0.3 is 0 Å². The molecule has 0 radical (unpaired) electrons. The Morgan fingerprint density at radius 2 is 1.42 bits per heavy atom. The standard InChI is InChI=1S/C28H35N3O3S.ClH/c1-21(2)31(22(3)4)20-23-12-14-25(15-13-23)28(32)29-16-18-30(19-17-29)35(33,34)27-11-7-9-24-8-5-6-10-26(24)27;/h5-15,21-22H,16-20H2,1-4H3;1H. The third-order valence-electron chi connectivity index (χ3n) is 6.79.